The molecule has 0 aliphatic carbocycles. The van der Waals surface area contributed by atoms with Crippen LogP contribution in [0, 0.1) is 5.92 Å². The minimum absolute atomic E-state index is 0.00913. The number of rotatable bonds is 4. The van der Waals surface area contributed by atoms with Crippen molar-refractivity contribution in [2.75, 3.05) is 13.7 Å². The molecule has 2 heterocycles. The third-order valence-corrected chi connectivity index (χ3v) is 4.59. The molecule has 2 aromatic carbocycles. The van der Waals surface area contributed by atoms with Crippen LogP contribution in [0.1, 0.15) is 17.9 Å². The number of ether oxygens (including phenoxy) is 2. The van der Waals surface area contributed by atoms with E-state index in [1.807, 2.05) is 42.5 Å². The highest BCUT2D eigenvalue weighted by molar-refractivity contribution is 5.79. The van der Waals surface area contributed by atoms with Crippen molar-refractivity contribution in [2.24, 2.45) is 5.92 Å². The predicted molar refractivity (Wildman–Crippen MR) is 96.2 cm³/mol. The largest absolute Gasteiger partial charge is 0.497 e. The Morgan fingerprint density at radius 3 is 3.08 bits per heavy atom. The molecule has 0 radical (unpaired) electrons. The molecule has 1 aliphatic heterocycles. The van der Waals surface area contributed by atoms with Crippen LogP contribution in [0.5, 0.6) is 11.5 Å². The van der Waals surface area contributed by atoms with Crippen molar-refractivity contribution in [3.05, 3.63) is 53.9 Å². The van der Waals surface area contributed by atoms with E-state index in [1.165, 1.54) is 0 Å². The number of amides is 1. The van der Waals surface area contributed by atoms with Crippen LogP contribution in [0.25, 0.3) is 11.1 Å². The summed E-state index contributed by atoms with van der Waals surface area (Å²) in [5.74, 6) is 1.94. The summed E-state index contributed by atoms with van der Waals surface area (Å²) in [5.41, 5.74) is 2.45. The highest BCUT2D eigenvalue weighted by Gasteiger charge is 2.23. The molecule has 0 saturated carbocycles. The molecule has 26 heavy (non-hydrogen) atoms. The summed E-state index contributed by atoms with van der Waals surface area (Å²) in [4.78, 5) is 17.0. The minimum Gasteiger partial charge on any atom is -0.497 e. The first-order valence-corrected chi connectivity index (χ1v) is 8.65. The summed E-state index contributed by atoms with van der Waals surface area (Å²) in [6.07, 6.45) is 1.36. The number of carbonyl (C=O) groups is 1. The number of nitrogens with zero attached hydrogens (tertiary/aromatic N) is 1. The normalized spacial score (nSPS) is 16.4. The maximum atomic E-state index is 12.6. The molecule has 1 amide bonds. The third kappa shape index (κ3) is 3.35. The number of para-hydroxylation sites is 1. The molecule has 134 valence electrons. The van der Waals surface area contributed by atoms with Gasteiger partial charge in [-0.25, -0.2) is 4.98 Å². The summed E-state index contributed by atoms with van der Waals surface area (Å²) in [6, 6.07) is 13.3. The van der Waals surface area contributed by atoms with Crippen LogP contribution < -0.4 is 14.8 Å². The molecule has 4 rings (SSSR count). The average molecular weight is 352 g/mol. The second kappa shape index (κ2) is 7.07. The van der Waals surface area contributed by atoms with Crippen molar-refractivity contribution in [1.29, 1.82) is 0 Å². The van der Waals surface area contributed by atoms with E-state index in [1.54, 1.807) is 7.11 Å². The molecule has 1 N–H and O–H groups in total. The van der Waals surface area contributed by atoms with Gasteiger partial charge >= 0.3 is 0 Å². The van der Waals surface area contributed by atoms with Gasteiger partial charge in [0.05, 0.1) is 20.3 Å². The molecule has 6 heteroatoms. The Kier molecular flexibility index (Phi) is 4.48. The van der Waals surface area contributed by atoms with Gasteiger partial charge in [-0.05, 0) is 36.6 Å². The van der Waals surface area contributed by atoms with Crippen LogP contribution >= 0.6 is 0 Å². The molecule has 1 aromatic heterocycles. The van der Waals surface area contributed by atoms with Gasteiger partial charge in [0, 0.05) is 12.0 Å². The number of carbonyl (C=O) groups excluding carboxylic acids is 1. The molecule has 1 aliphatic rings. The van der Waals surface area contributed by atoms with Gasteiger partial charge in [0.15, 0.2) is 5.58 Å². The lowest BCUT2D eigenvalue weighted by Crippen LogP contribution is -2.31. The molecule has 0 fully saturated rings. The quantitative estimate of drug-likeness (QED) is 0.781. The summed E-state index contributed by atoms with van der Waals surface area (Å²) in [6.45, 7) is 0.798. The topological polar surface area (TPSA) is 73.6 Å². The highest BCUT2D eigenvalue weighted by Crippen LogP contribution is 2.27. The Hall–Kier alpha value is -3.02. The van der Waals surface area contributed by atoms with Crippen molar-refractivity contribution in [3.8, 4) is 11.5 Å². The highest BCUT2D eigenvalue weighted by atomic mass is 16.5. The molecular weight excluding hydrogens is 332 g/mol. The van der Waals surface area contributed by atoms with Crippen molar-refractivity contribution >= 4 is 17.0 Å². The Morgan fingerprint density at radius 2 is 2.19 bits per heavy atom. The number of hydrogen-bond donors (Lipinski definition) is 1. The Bertz CT molecular complexity index is 934. The van der Waals surface area contributed by atoms with Crippen LogP contribution in [0.3, 0.4) is 0 Å². The fourth-order valence-corrected chi connectivity index (χ4v) is 3.18. The van der Waals surface area contributed by atoms with Gasteiger partial charge in [-0.1, -0.05) is 18.2 Å². The van der Waals surface area contributed by atoms with Crippen LogP contribution in [0.2, 0.25) is 0 Å². The summed E-state index contributed by atoms with van der Waals surface area (Å²) < 4.78 is 16.6. The van der Waals surface area contributed by atoms with Gasteiger partial charge in [-0.15, -0.1) is 0 Å². The molecule has 0 saturated heterocycles. The first kappa shape index (κ1) is 16.4. The third-order valence-electron chi connectivity index (χ3n) is 4.59. The smallest absolute Gasteiger partial charge is 0.224 e. The van der Waals surface area contributed by atoms with Gasteiger partial charge in [-0.3, -0.25) is 4.79 Å². The first-order chi connectivity index (χ1) is 12.7. The van der Waals surface area contributed by atoms with E-state index in [-0.39, 0.29) is 18.4 Å². The molecule has 0 spiro atoms. The van der Waals surface area contributed by atoms with E-state index in [4.69, 9.17) is 13.9 Å². The molecular formula is C20H20N2O4. The number of oxazole rings is 1. The number of nitrogens with one attached hydrogen (secondary N) is 1. The van der Waals surface area contributed by atoms with E-state index in [2.05, 4.69) is 10.3 Å². The molecule has 6 nitrogen and oxygen atoms in total. The fourth-order valence-electron chi connectivity index (χ4n) is 3.18. The zero-order chi connectivity index (χ0) is 17.9. The lowest BCUT2D eigenvalue weighted by atomic mass is 9.96. The predicted octanol–water partition coefficient (Wildman–Crippen LogP) is 3.09. The molecule has 1 atom stereocenters. The summed E-state index contributed by atoms with van der Waals surface area (Å²) in [5, 5.41) is 2.93. The summed E-state index contributed by atoms with van der Waals surface area (Å²) in [7, 11) is 1.61. The van der Waals surface area contributed by atoms with Crippen molar-refractivity contribution < 1.29 is 18.7 Å². The van der Waals surface area contributed by atoms with E-state index in [9.17, 15) is 4.79 Å². The van der Waals surface area contributed by atoms with E-state index >= 15 is 0 Å². The molecule has 0 bridgehead atoms. The molecule has 1 unspecified atom stereocenters. The maximum absolute atomic E-state index is 12.6. The van der Waals surface area contributed by atoms with Gasteiger partial charge in [-0.2, -0.15) is 0 Å². The minimum atomic E-state index is -0.122. The zero-order valence-corrected chi connectivity index (χ0v) is 14.5. The summed E-state index contributed by atoms with van der Waals surface area (Å²) >= 11 is 0. The maximum Gasteiger partial charge on any atom is 0.224 e. The van der Waals surface area contributed by atoms with Gasteiger partial charge in [0.2, 0.25) is 11.8 Å². The van der Waals surface area contributed by atoms with Crippen LogP contribution in [-0.2, 0) is 17.8 Å². The van der Waals surface area contributed by atoms with Crippen molar-refractivity contribution in [2.45, 2.75) is 19.4 Å². The number of fused-ring (bicyclic) bond motifs is 2. The second-order valence-electron chi connectivity index (χ2n) is 6.30. The van der Waals surface area contributed by atoms with Gasteiger partial charge < -0.3 is 19.2 Å². The molecule has 3 aromatic rings. The zero-order valence-electron chi connectivity index (χ0n) is 14.5. The first-order valence-electron chi connectivity index (χ1n) is 8.65. The van der Waals surface area contributed by atoms with Crippen molar-refractivity contribution in [3.63, 3.8) is 0 Å². The Balaban J connectivity index is 1.42. The van der Waals surface area contributed by atoms with E-state index in [0.29, 0.717) is 36.4 Å². The SMILES string of the molecule is COc1ccc2oc(CNC(=O)C3CCOc4ccccc4C3)nc2c1. The number of methoxy groups -OCH3 is 1. The van der Waals surface area contributed by atoms with Gasteiger partial charge in [0.1, 0.15) is 17.0 Å². The van der Waals surface area contributed by atoms with E-state index in [0.717, 1.165) is 17.1 Å². The van der Waals surface area contributed by atoms with E-state index < -0.39 is 0 Å². The van der Waals surface area contributed by atoms with Crippen molar-refractivity contribution in [1.82, 2.24) is 10.3 Å². The lowest BCUT2D eigenvalue weighted by molar-refractivity contribution is -0.125. The fraction of sp³-hybridized carbons (Fsp3) is 0.300. The number of hydrogen-bond acceptors (Lipinski definition) is 5. The second-order valence-corrected chi connectivity index (χ2v) is 6.30. The van der Waals surface area contributed by atoms with Gasteiger partial charge in [0.25, 0.3) is 0 Å². The van der Waals surface area contributed by atoms with Crippen LogP contribution in [-0.4, -0.2) is 24.6 Å². The monoisotopic (exact) mass is 352 g/mol. The standard InChI is InChI=1S/C20H20N2O4/c1-24-15-6-7-18-16(11-15)22-19(26-18)12-21-20(23)14-8-9-25-17-5-3-2-4-13(17)10-14/h2-7,11,14H,8-10,12H2,1H3,(H,21,23). The number of benzene rings is 2. The Morgan fingerprint density at radius 1 is 1.31 bits per heavy atom. The average Bonchev–Trinajstić information content (AvgIpc) is 2.95. The van der Waals surface area contributed by atoms with Crippen LogP contribution in [0.4, 0.5) is 0 Å². The van der Waals surface area contributed by atoms with Crippen LogP contribution in [0.15, 0.2) is 46.9 Å². The Labute approximate surface area is 151 Å². The lowest BCUT2D eigenvalue weighted by Gasteiger charge is -2.12. The number of aromatic nitrogens is 1.